The number of benzene rings is 1. The van der Waals surface area contributed by atoms with Crippen LogP contribution < -0.4 is 0 Å². The minimum Gasteiger partial charge on any atom is -0.441 e. The summed E-state index contributed by atoms with van der Waals surface area (Å²) >= 11 is 0. The van der Waals surface area contributed by atoms with E-state index in [0.717, 1.165) is 43.8 Å². The molecule has 0 radical (unpaired) electrons. The smallest absolute Gasteiger partial charge is 0.416 e. The van der Waals surface area contributed by atoms with E-state index in [1.807, 2.05) is 0 Å². The highest BCUT2D eigenvalue weighted by Gasteiger charge is 2.31. The number of halogens is 3. The summed E-state index contributed by atoms with van der Waals surface area (Å²) < 4.78 is 44.2. The van der Waals surface area contributed by atoms with Crippen LogP contribution in [0.25, 0.3) is 11.5 Å². The molecule has 0 spiro atoms. The average Bonchev–Trinajstić information content (AvgIpc) is 2.95. The van der Waals surface area contributed by atoms with Crippen LogP contribution in [0.15, 0.2) is 28.7 Å². The van der Waals surface area contributed by atoms with Crippen LogP contribution in [-0.4, -0.2) is 34.7 Å². The Hall–Kier alpha value is -1.86. The van der Waals surface area contributed by atoms with Crippen molar-refractivity contribution in [1.29, 1.82) is 0 Å². The topological polar surface area (TPSA) is 49.5 Å². The van der Waals surface area contributed by atoms with Gasteiger partial charge in [0.1, 0.15) is 5.76 Å². The Morgan fingerprint density at radius 2 is 2.16 bits per heavy atom. The fourth-order valence-electron chi connectivity index (χ4n) is 3.18. The van der Waals surface area contributed by atoms with Gasteiger partial charge in [0.25, 0.3) is 0 Å². The van der Waals surface area contributed by atoms with Crippen molar-refractivity contribution >= 4 is 0 Å². The number of likely N-dealkylation sites (tertiary alicyclic amines) is 1. The van der Waals surface area contributed by atoms with Gasteiger partial charge in [0.2, 0.25) is 5.89 Å². The van der Waals surface area contributed by atoms with E-state index >= 15 is 0 Å². The first-order valence-corrected chi connectivity index (χ1v) is 8.34. The highest BCUT2D eigenvalue weighted by atomic mass is 19.4. The lowest BCUT2D eigenvalue weighted by Crippen LogP contribution is -2.36. The molecule has 1 aliphatic rings. The van der Waals surface area contributed by atoms with Gasteiger partial charge in [-0.3, -0.25) is 4.90 Å². The van der Waals surface area contributed by atoms with Gasteiger partial charge in [-0.2, -0.15) is 13.2 Å². The maximum atomic E-state index is 12.9. The third-order valence-electron chi connectivity index (χ3n) is 4.56. The molecule has 7 heteroatoms. The second-order valence-electron chi connectivity index (χ2n) is 6.53. The third kappa shape index (κ3) is 4.22. The van der Waals surface area contributed by atoms with Crippen molar-refractivity contribution < 1.29 is 22.7 Å². The molecule has 1 N–H and O–H groups in total. The molecule has 1 aromatic carbocycles. The molecule has 3 rings (SSSR count). The molecular formula is C18H21F3N2O2. The van der Waals surface area contributed by atoms with Gasteiger partial charge in [0, 0.05) is 25.3 Å². The molecule has 2 aromatic rings. The van der Waals surface area contributed by atoms with Gasteiger partial charge in [0.15, 0.2) is 0 Å². The van der Waals surface area contributed by atoms with Gasteiger partial charge in [0.05, 0.1) is 11.3 Å². The molecule has 1 fully saturated rings. The summed E-state index contributed by atoms with van der Waals surface area (Å²) in [6.45, 7) is 4.23. The molecule has 1 atom stereocenters. The zero-order valence-corrected chi connectivity index (χ0v) is 14.0. The molecule has 25 heavy (non-hydrogen) atoms. The Morgan fingerprint density at radius 1 is 1.36 bits per heavy atom. The first-order valence-electron chi connectivity index (χ1n) is 8.34. The zero-order valence-electron chi connectivity index (χ0n) is 14.0. The fraction of sp³-hybridized carbons (Fsp3) is 0.500. The predicted molar refractivity (Wildman–Crippen MR) is 86.8 cm³/mol. The van der Waals surface area contributed by atoms with Crippen molar-refractivity contribution in [3.8, 4) is 11.5 Å². The zero-order chi connectivity index (χ0) is 18.0. The molecule has 2 heterocycles. The minimum atomic E-state index is -4.40. The molecule has 1 aromatic heterocycles. The van der Waals surface area contributed by atoms with Crippen LogP contribution in [0.2, 0.25) is 0 Å². The van der Waals surface area contributed by atoms with Crippen molar-refractivity contribution in [1.82, 2.24) is 9.88 Å². The van der Waals surface area contributed by atoms with E-state index in [4.69, 9.17) is 4.42 Å². The van der Waals surface area contributed by atoms with E-state index in [-0.39, 0.29) is 18.4 Å². The molecule has 0 amide bonds. The van der Waals surface area contributed by atoms with Crippen LogP contribution in [0.1, 0.15) is 29.9 Å². The number of nitrogens with zero attached hydrogens (tertiary/aromatic N) is 2. The largest absolute Gasteiger partial charge is 0.441 e. The van der Waals surface area contributed by atoms with Gasteiger partial charge < -0.3 is 9.52 Å². The number of oxazole rings is 1. The lowest BCUT2D eigenvalue weighted by molar-refractivity contribution is -0.137. The summed E-state index contributed by atoms with van der Waals surface area (Å²) in [6, 6.07) is 5.00. The van der Waals surface area contributed by atoms with Crippen LogP contribution >= 0.6 is 0 Å². The SMILES string of the molecule is Cc1oc(-c2cccc(C(F)(F)F)c2)nc1CN1CCCC(CO)C1. The van der Waals surface area contributed by atoms with E-state index in [1.54, 1.807) is 13.0 Å². The van der Waals surface area contributed by atoms with E-state index in [1.165, 1.54) is 6.07 Å². The van der Waals surface area contributed by atoms with Crippen LogP contribution in [0.4, 0.5) is 13.2 Å². The monoisotopic (exact) mass is 354 g/mol. The summed E-state index contributed by atoms with van der Waals surface area (Å²) in [5, 5.41) is 9.32. The molecule has 1 saturated heterocycles. The third-order valence-corrected chi connectivity index (χ3v) is 4.56. The molecule has 136 valence electrons. The molecule has 0 bridgehead atoms. The number of aliphatic hydroxyl groups excluding tert-OH is 1. The summed E-state index contributed by atoms with van der Waals surface area (Å²) in [5.41, 5.74) is 0.325. The van der Waals surface area contributed by atoms with Crippen molar-refractivity contribution in [2.45, 2.75) is 32.5 Å². The van der Waals surface area contributed by atoms with Crippen LogP contribution in [0.5, 0.6) is 0 Å². The number of aromatic nitrogens is 1. The summed E-state index contributed by atoms with van der Waals surface area (Å²) in [6.07, 6.45) is -2.36. The standard InChI is InChI=1S/C18H21F3N2O2/c1-12-16(10-23-7-3-4-13(9-23)11-24)22-17(25-12)14-5-2-6-15(8-14)18(19,20)21/h2,5-6,8,13,24H,3-4,7,9-11H2,1H3. The maximum absolute atomic E-state index is 12.9. The van der Waals surface area contributed by atoms with Gasteiger partial charge in [-0.15, -0.1) is 0 Å². The fourth-order valence-corrected chi connectivity index (χ4v) is 3.18. The Kier molecular flexibility index (Phi) is 5.15. The molecule has 4 nitrogen and oxygen atoms in total. The Bertz CT molecular complexity index is 727. The number of piperidine rings is 1. The number of alkyl halides is 3. The first kappa shape index (κ1) is 17.9. The van der Waals surface area contributed by atoms with Crippen LogP contribution in [0, 0.1) is 12.8 Å². The van der Waals surface area contributed by atoms with Gasteiger partial charge in [-0.1, -0.05) is 6.07 Å². The normalized spacial score (nSPS) is 19.3. The maximum Gasteiger partial charge on any atom is 0.416 e. The highest BCUT2D eigenvalue weighted by molar-refractivity contribution is 5.55. The van der Waals surface area contributed by atoms with E-state index in [2.05, 4.69) is 9.88 Å². The predicted octanol–water partition coefficient (Wildman–Crippen LogP) is 3.87. The van der Waals surface area contributed by atoms with Crippen molar-refractivity contribution in [3.63, 3.8) is 0 Å². The Labute approximate surface area is 144 Å². The first-order chi connectivity index (χ1) is 11.9. The average molecular weight is 354 g/mol. The quantitative estimate of drug-likeness (QED) is 0.905. The molecule has 0 aliphatic carbocycles. The van der Waals surface area contributed by atoms with Gasteiger partial charge in [-0.25, -0.2) is 4.98 Å². The van der Waals surface area contributed by atoms with Gasteiger partial charge >= 0.3 is 6.18 Å². The summed E-state index contributed by atoms with van der Waals surface area (Å²) in [5.74, 6) is 1.08. The number of rotatable bonds is 4. The van der Waals surface area contributed by atoms with Crippen LogP contribution in [0.3, 0.4) is 0 Å². The van der Waals surface area contributed by atoms with E-state index < -0.39 is 11.7 Å². The van der Waals surface area contributed by atoms with Crippen molar-refractivity contribution in [2.75, 3.05) is 19.7 Å². The Balaban J connectivity index is 1.79. The van der Waals surface area contributed by atoms with Crippen molar-refractivity contribution in [3.05, 3.63) is 41.3 Å². The Morgan fingerprint density at radius 3 is 2.88 bits per heavy atom. The second-order valence-corrected chi connectivity index (χ2v) is 6.53. The molecular weight excluding hydrogens is 333 g/mol. The molecule has 1 aliphatic heterocycles. The minimum absolute atomic E-state index is 0.170. The highest BCUT2D eigenvalue weighted by Crippen LogP contribution is 2.32. The molecule has 0 saturated carbocycles. The summed E-state index contributed by atoms with van der Waals surface area (Å²) in [4.78, 5) is 6.61. The lowest BCUT2D eigenvalue weighted by Gasteiger charge is -2.31. The van der Waals surface area contributed by atoms with E-state index in [0.29, 0.717) is 17.9 Å². The number of hydrogen-bond acceptors (Lipinski definition) is 4. The molecule has 1 unspecified atom stereocenters. The van der Waals surface area contributed by atoms with Crippen molar-refractivity contribution in [2.24, 2.45) is 5.92 Å². The second kappa shape index (κ2) is 7.17. The van der Waals surface area contributed by atoms with Gasteiger partial charge in [-0.05, 0) is 50.4 Å². The number of aryl methyl sites for hydroxylation is 1. The number of aliphatic hydroxyl groups is 1. The lowest BCUT2D eigenvalue weighted by atomic mass is 9.99. The number of hydrogen-bond donors (Lipinski definition) is 1. The summed E-state index contributed by atoms with van der Waals surface area (Å²) in [7, 11) is 0. The van der Waals surface area contributed by atoms with Crippen LogP contribution in [-0.2, 0) is 12.7 Å². The van der Waals surface area contributed by atoms with E-state index in [9.17, 15) is 18.3 Å².